The van der Waals surface area contributed by atoms with Gasteiger partial charge in [-0.25, -0.2) is 0 Å². The van der Waals surface area contributed by atoms with Gasteiger partial charge in [0.15, 0.2) is 0 Å². The molecule has 60 valence electrons. The van der Waals surface area contributed by atoms with E-state index in [1.807, 2.05) is 6.07 Å². The van der Waals surface area contributed by atoms with Crippen molar-refractivity contribution in [3.05, 3.63) is 33.8 Å². The molecule has 11 heavy (non-hydrogen) atoms. The molecule has 1 rings (SSSR count). The summed E-state index contributed by atoms with van der Waals surface area (Å²) in [5, 5.41) is 0. The summed E-state index contributed by atoms with van der Waals surface area (Å²) in [6.07, 6.45) is 1.04. The van der Waals surface area contributed by atoms with Gasteiger partial charge in [-0.15, -0.1) is 11.6 Å². The molecule has 0 nitrogen and oxygen atoms in total. The summed E-state index contributed by atoms with van der Waals surface area (Å²) in [6.45, 7) is 2.14. The van der Waals surface area contributed by atoms with Crippen LogP contribution in [0.15, 0.2) is 22.7 Å². The quantitative estimate of drug-likeness (QED) is 0.683. The molecule has 0 radical (unpaired) electrons. The van der Waals surface area contributed by atoms with E-state index in [0.29, 0.717) is 5.88 Å². The van der Waals surface area contributed by atoms with Crippen molar-refractivity contribution in [1.29, 1.82) is 0 Å². The maximum absolute atomic E-state index is 5.75. The number of alkyl halides is 1. The van der Waals surface area contributed by atoms with Gasteiger partial charge in [-0.1, -0.05) is 28.9 Å². The van der Waals surface area contributed by atoms with E-state index in [1.54, 1.807) is 0 Å². The molecule has 0 saturated heterocycles. The first-order chi connectivity index (χ1) is 5.27. The van der Waals surface area contributed by atoms with Crippen molar-refractivity contribution in [3.63, 3.8) is 0 Å². The molecule has 0 aliphatic carbocycles. The lowest BCUT2D eigenvalue weighted by Gasteiger charge is -2.03. The smallest absolute Gasteiger partial charge is 0.0476 e. The summed E-state index contributed by atoms with van der Waals surface area (Å²) in [7, 11) is 0. The largest absolute Gasteiger partial charge is 0.122 e. The van der Waals surface area contributed by atoms with Crippen molar-refractivity contribution >= 4 is 27.5 Å². The molecule has 0 amide bonds. The van der Waals surface area contributed by atoms with E-state index >= 15 is 0 Å². The molecule has 0 N–H and O–H groups in total. The van der Waals surface area contributed by atoms with Crippen molar-refractivity contribution in [1.82, 2.24) is 0 Å². The van der Waals surface area contributed by atoms with Crippen LogP contribution < -0.4 is 0 Å². The van der Waals surface area contributed by atoms with Gasteiger partial charge in [-0.2, -0.15) is 0 Å². The van der Waals surface area contributed by atoms with Crippen molar-refractivity contribution in [2.24, 2.45) is 0 Å². The first-order valence-electron chi connectivity index (χ1n) is 3.61. The van der Waals surface area contributed by atoms with E-state index in [2.05, 4.69) is 35.0 Å². The van der Waals surface area contributed by atoms with Crippen molar-refractivity contribution in [3.8, 4) is 0 Å². The van der Waals surface area contributed by atoms with Crippen LogP contribution in [0.2, 0.25) is 0 Å². The molecule has 0 atom stereocenters. The van der Waals surface area contributed by atoms with Gasteiger partial charge in [0.25, 0.3) is 0 Å². The van der Waals surface area contributed by atoms with E-state index in [9.17, 15) is 0 Å². The number of hydrogen-bond donors (Lipinski definition) is 0. The van der Waals surface area contributed by atoms with Crippen LogP contribution in [0.4, 0.5) is 0 Å². The average Bonchev–Trinajstić information content (AvgIpc) is 2.04. The number of rotatable bonds is 2. The molecule has 0 spiro atoms. The van der Waals surface area contributed by atoms with E-state index in [-0.39, 0.29) is 0 Å². The fourth-order valence-electron chi connectivity index (χ4n) is 1.05. The van der Waals surface area contributed by atoms with E-state index < -0.39 is 0 Å². The van der Waals surface area contributed by atoms with Crippen LogP contribution in [0, 0.1) is 0 Å². The standard InChI is InChI=1S/C9H10BrCl/c1-2-7-5-9(10)4-3-8(7)6-11/h3-5H,2,6H2,1H3. The van der Waals surface area contributed by atoms with Crippen LogP contribution in [0.3, 0.4) is 0 Å². The third-order valence-electron chi connectivity index (χ3n) is 1.69. The lowest BCUT2D eigenvalue weighted by Crippen LogP contribution is -1.88. The molecule has 0 bridgehead atoms. The maximum Gasteiger partial charge on any atom is 0.0476 e. The normalized spacial score (nSPS) is 10.1. The second kappa shape index (κ2) is 4.13. The highest BCUT2D eigenvalue weighted by atomic mass is 79.9. The topological polar surface area (TPSA) is 0 Å². The molecule has 0 heterocycles. The monoisotopic (exact) mass is 232 g/mol. The number of aryl methyl sites for hydroxylation is 1. The van der Waals surface area contributed by atoms with Crippen LogP contribution in [-0.4, -0.2) is 0 Å². The fourth-order valence-corrected chi connectivity index (χ4v) is 1.72. The van der Waals surface area contributed by atoms with Crippen LogP contribution in [0.25, 0.3) is 0 Å². The average molecular weight is 234 g/mol. The number of benzene rings is 1. The molecule has 1 aromatic carbocycles. The fraction of sp³-hybridized carbons (Fsp3) is 0.333. The summed E-state index contributed by atoms with van der Waals surface area (Å²) in [6, 6.07) is 6.21. The van der Waals surface area contributed by atoms with Gasteiger partial charge in [-0.05, 0) is 29.7 Å². The van der Waals surface area contributed by atoms with Gasteiger partial charge >= 0.3 is 0 Å². The molecule has 1 aromatic rings. The molecule has 2 heteroatoms. The Morgan fingerprint density at radius 3 is 2.64 bits per heavy atom. The Bertz CT molecular complexity index is 245. The van der Waals surface area contributed by atoms with E-state index in [0.717, 1.165) is 10.9 Å². The molecule has 0 aliphatic heterocycles. The minimum absolute atomic E-state index is 0.608. The summed E-state index contributed by atoms with van der Waals surface area (Å²) >= 11 is 9.17. The summed E-state index contributed by atoms with van der Waals surface area (Å²) in [5.41, 5.74) is 2.56. The Morgan fingerprint density at radius 1 is 1.36 bits per heavy atom. The van der Waals surface area contributed by atoms with Crippen molar-refractivity contribution in [2.75, 3.05) is 0 Å². The maximum atomic E-state index is 5.75. The Balaban J connectivity index is 3.06. The Hall–Kier alpha value is -0.0100. The molecule has 0 fully saturated rings. The van der Waals surface area contributed by atoms with Crippen LogP contribution in [-0.2, 0) is 12.3 Å². The van der Waals surface area contributed by atoms with Crippen LogP contribution in [0.5, 0.6) is 0 Å². The SMILES string of the molecule is CCc1cc(Br)ccc1CCl. The van der Waals surface area contributed by atoms with Crippen LogP contribution >= 0.6 is 27.5 Å². The zero-order valence-electron chi connectivity index (χ0n) is 6.40. The van der Waals surface area contributed by atoms with Crippen LogP contribution in [0.1, 0.15) is 18.1 Å². The highest BCUT2D eigenvalue weighted by Gasteiger charge is 1.98. The molecule has 0 aromatic heterocycles. The predicted molar refractivity (Wildman–Crippen MR) is 53.1 cm³/mol. The first kappa shape index (κ1) is 9.08. The lowest BCUT2D eigenvalue weighted by atomic mass is 10.1. The number of halogens is 2. The Morgan fingerprint density at radius 2 is 2.09 bits per heavy atom. The predicted octanol–water partition coefficient (Wildman–Crippen LogP) is 3.75. The highest BCUT2D eigenvalue weighted by Crippen LogP contribution is 2.18. The van der Waals surface area contributed by atoms with Gasteiger partial charge in [0, 0.05) is 10.4 Å². The van der Waals surface area contributed by atoms with Crippen molar-refractivity contribution < 1.29 is 0 Å². The summed E-state index contributed by atoms with van der Waals surface area (Å²) in [5.74, 6) is 0.608. The van der Waals surface area contributed by atoms with Gasteiger partial charge in [-0.3, -0.25) is 0 Å². The van der Waals surface area contributed by atoms with Crippen molar-refractivity contribution in [2.45, 2.75) is 19.2 Å². The molecular weight excluding hydrogens is 223 g/mol. The van der Waals surface area contributed by atoms with Gasteiger partial charge in [0.1, 0.15) is 0 Å². The van der Waals surface area contributed by atoms with Gasteiger partial charge in [0.05, 0.1) is 0 Å². The molecule has 0 unspecified atom stereocenters. The Labute approximate surface area is 80.7 Å². The van der Waals surface area contributed by atoms with Gasteiger partial charge in [0.2, 0.25) is 0 Å². The summed E-state index contributed by atoms with van der Waals surface area (Å²) in [4.78, 5) is 0. The third kappa shape index (κ3) is 2.21. The zero-order valence-corrected chi connectivity index (χ0v) is 8.74. The second-order valence-corrected chi connectivity index (χ2v) is 3.58. The van der Waals surface area contributed by atoms with E-state index in [1.165, 1.54) is 11.1 Å². The van der Waals surface area contributed by atoms with E-state index in [4.69, 9.17) is 11.6 Å². The number of hydrogen-bond acceptors (Lipinski definition) is 0. The minimum Gasteiger partial charge on any atom is -0.122 e. The first-order valence-corrected chi connectivity index (χ1v) is 4.94. The second-order valence-electron chi connectivity index (χ2n) is 2.40. The summed E-state index contributed by atoms with van der Waals surface area (Å²) < 4.78 is 1.13. The molecular formula is C9H10BrCl. The minimum atomic E-state index is 0.608. The Kier molecular flexibility index (Phi) is 3.41. The molecule has 0 saturated carbocycles. The third-order valence-corrected chi connectivity index (χ3v) is 2.47. The zero-order chi connectivity index (χ0) is 8.27. The van der Waals surface area contributed by atoms with Gasteiger partial charge < -0.3 is 0 Å². The molecule has 0 aliphatic rings. The lowest BCUT2D eigenvalue weighted by molar-refractivity contribution is 1.10. The highest BCUT2D eigenvalue weighted by molar-refractivity contribution is 9.10.